The summed E-state index contributed by atoms with van der Waals surface area (Å²) < 4.78 is 25.7. The summed E-state index contributed by atoms with van der Waals surface area (Å²) in [5.41, 5.74) is 0.712. The molecule has 1 fully saturated rings. The fourth-order valence-electron chi connectivity index (χ4n) is 3.49. The summed E-state index contributed by atoms with van der Waals surface area (Å²) in [4.78, 5) is 25.5. The largest absolute Gasteiger partial charge is 0.483 e. The van der Waals surface area contributed by atoms with E-state index in [1.165, 1.54) is 6.07 Å². The van der Waals surface area contributed by atoms with E-state index in [4.69, 9.17) is 21.1 Å². The van der Waals surface area contributed by atoms with Crippen molar-refractivity contribution in [3.8, 4) is 5.75 Å². The van der Waals surface area contributed by atoms with Gasteiger partial charge in [-0.25, -0.2) is 4.39 Å². The first-order valence-corrected chi connectivity index (χ1v) is 10.1. The lowest BCUT2D eigenvalue weighted by Crippen LogP contribution is -2.47. The second kappa shape index (κ2) is 10.5. The lowest BCUT2D eigenvalue weighted by atomic mass is 10.0. The molecule has 30 heavy (non-hydrogen) atoms. The van der Waals surface area contributed by atoms with Gasteiger partial charge in [0, 0.05) is 30.2 Å². The van der Waals surface area contributed by atoms with Gasteiger partial charge in [-0.2, -0.15) is 0 Å². The van der Waals surface area contributed by atoms with E-state index < -0.39 is 11.9 Å². The summed E-state index contributed by atoms with van der Waals surface area (Å²) >= 11 is 6.30. The Hall–Kier alpha value is -2.48. The maximum Gasteiger partial charge on any atom is 0.258 e. The van der Waals surface area contributed by atoms with Gasteiger partial charge in [0.05, 0.1) is 24.3 Å². The molecule has 6 nitrogen and oxygen atoms in total. The highest BCUT2D eigenvalue weighted by molar-refractivity contribution is 6.31. The first-order chi connectivity index (χ1) is 14.5. The van der Waals surface area contributed by atoms with Gasteiger partial charge in [-0.15, -0.1) is 0 Å². The summed E-state index contributed by atoms with van der Waals surface area (Å²) in [5, 5.41) is 3.11. The number of benzene rings is 2. The number of para-hydroxylation sites is 1. The number of carbonyl (C=O) groups is 2. The van der Waals surface area contributed by atoms with Crippen molar-refractivity contribution in [1.82, 2.24) is 10.2 Å². The fraction of sp³-hybridized carbons (Fsp3) is 0.364. The molecule has 0 spiro atoms. The van der Waals surface area contributed by atoms with Crippen LogP contribution >= 0.6 is 11.6 Å². The molecule has 3 rings (SSSR count). The first-order valence-electron chi connectivity index (χ1n) is 9.73. The minimum Gasteiger partial charge on any atom is -0.483 e. The van der Waals surface area contributed by atoms with Crippen LogP contribution in [0.5, 0.6) is 5.75 Å². The van der Waals surface area contributed by atoms with Crippen molar-refractivity contribution < 1.29 is 23.5 Å². The zero-order chi connectivity index (χ0) is 21.5. The number of hydrogen-bond donors (Lipinski definition) is 1. The highest BCUT2D eigenvalue weighted by Crippen LogP contribution is 2.31. The number of amides is 1. The van der Waals surface area contributed by atoms with E-state index in [1.807, 2.05) is 6.92 Å². The Morgan fingerprint density at radius 1 is 1.37 bits per heavy atom. The summed E-state index contributed by atoms with van der Waals surface area (Å²) in [6.07, 6.45) is 0.661. The predicted molar refractivity (Wildman–Crippen MR) is 111 cm³/mol. The van der Waals surface area contributed by atoms with Crippen LogP contribution in [0.4, 0.5) is 4.39 Å². The molecule has 1 amide bonds. The molecule has 8 heteroatoms. The Morgan fingerprint density at radius 3 is 2.90 bits per heavy atom. The van der Waals surface area contributed by atoms with Gasteiger partial charge < -0.3 is 14.8 Å². The Kier molecular flexibility index (Phi) is 7.79. The van der Waals surface area contributed by atoms with Crippen LogP contribution in [0.3, 0.4) is 0 Å². The third-order valence-corrected chi connectivity index (χ3v) is 5.27. The molecule has 0 radical (unpaired) electrons. The molecule has 2 unspecified atom stereocenters. The molecule has 0 bridgehead atoms. The summed E-state index contributed by atoms with van der Waals surface area (Å²) in [7, 11) is 0. The average Bonchev–Trinajstić information content (AvgIpc) is 2.74. The Morgan fingerprint density at radius 2 is 2.17 bits per heavy atom. The number of halogens is 2. The summed E-state index contributed by atoms with van der Waals surface area (Å²) in [5.74, 6) is -0.468. The maximum atomic E-state index is 14.6. The number of hydrogen-bond acceptors (Lipinski definition) is 5. The van der Waals surface area contributed by atoms with E-state index in [2.05, 4.69) is 10.2 Å². The third-order valence-electron chi connectivity index (χ3n) is 4.94. The normalized spacial score (nSPS) is 17.9. The summed E-state index contributed by atoms with van der Waals surface area (Å²) in [6.45, 7) is 3.55. The fourth-order valence-corrected chi connectivity index (χ4v) is 3.77. The topological polar surface area (TPSA) is 67.9 Å². The minimum atomic E-state index is -0.448. The molecule has 2 aromatic rings. The van der Waals surface area contributed by atoms with E-state index in [9.17, 15) is 14.0 Å². The molecule has 2 atom stereocenters. The standard InChI is InChI=1S/C22H24ClFN2O4/c1-15-12-26(9-10-29-15)19(22-17(23)6-4-7-18(22)24)11-25-21(28)14-30-20-8-3-2-5-16(20)13-27/h2-8,13,15,19H,9-12,14H2,1H3,(H,25,28). The van der Waals surface area contributed by atoms with E-state index in [0.29, 0.717) is 47.9 Å². The zero-order valence-corrected chi connectivity index (χ0v) is 17.4. The summed E-state index contributed by atoms with van der Waals surface area (Å²) in [6, 6.07) is 10.8. The van der Waals surface area contributed by atoms with Crippen LogP contribution in [-0.2, 0) is 9.53 Å². The van der Waals surface area contributed by atoms with Gasteiger partial charge in [0.2, 0.25) is 0 Å². The van der Waals surface area contributed by atoms with Crippen molar-refractivity contribution in [2.45, 2.75) is 19.1 Å². The van der Waals surface area contributed by atoms with Crippen LogP contribution in [0, 0.1) is 5.82 Å². The van der Waals surface area contributed by atoms with Crippen LogP contribution in [0.15, 0.2) is 42.5 Å². The van der Waals surface area contributed by atoms with E-state index in [-0.39, 0.29) is 25.2 Å². The molecule has 2 aromatic carbocycles. The average molecular weight is 435 g/mol. The molecule has 1 aliphatic heterocycles. The van der Waals surface area contributed by atoms with Gasteiger partial charge in [0.15, 0.2) is 12.9 Å². The molecule has 1 aliphatic rings. The number of ether oxygens (including phenoxy) is 2. The van der Waals surface area contributed by atoms with Crippen LogP contribution < -0.4 is 10.1 Å². The molecule has 0 aliphatic carbocycles. The number of carbonyl (C=O) groups excluding carboxylic acids is 2. The quantitative estimate of drug-likeness (QED) is 0.646. The van der Waals surface area contributed by atoms with Gasteiger partial charge in [-0.3, -0.25) is 14.5 Å². The molecule has 1 heterocycles. The number of rotatable bonds is 8. The van der Waals surface area contributed by atoms with E-state index >= 15 is 0 Å². The smallest absolute Gasteiger partial charge is 0.258 e. The Bertz CT molecular complexity index is 875. The van der Waals surface area contributed by atoms with E-state index in [1.54, 1.807) is 36.4 Å². The third kappa shape index (κ3) is 5.56. The van der Waals surface area contributed by atoms with Crippen molar-refractivity contribution in [2.75, 3.05) is 32.8 Å². The van der Waals surface area contributed by atoms with Crippen LogP contribution in [0.1, 0.15) is 28.9 Å². The van der Waals surface area contributed by atoms with Gasteiger partial charge in [0.25, 0.3) is 5.91 Å². The predicted octanol–water partition coefficient (Wildman–Crippen LogP) is 3.25. The van der Waals surface area contributed by atoms with Crippen molar-refractivity contribution in [3.63, 3.8) is 0 Å². The Labute approximate surface area is 179 Å². The van der Waals surface area contributed by atoms with Gasteiger partial charge >= 0.3 is 0 Å². The van der Waals surface area contributed by atoms with Crippen molar-refractivity contribution >= 4 is 23.8 Å². The number of aldehydes is 1. The van der Waals surface area contributed by atoms with Crippen molar-refractivity contribution in [2.24, 2.45) is 0 Å². The van der Waals surface area contributed by atoms with Gasteiger partial charge in [-0.1, -0.05) is 29.8 Å². The number of nitrogens with zero attached hydrogens (tertiary/aromatic N) is 1. The molecular weight excluding hydrogens is 411 g/mol. The number of nitrogens with one attached hydrogen (secondary N) is 1. The molecule has 160 valence electrons. The molecular formula is C22H24ClFN2O4. The van der Waals surface area contributed by atoms with Crippen LogP contribution in [0.2, 0.25) is 5.02 Å². The molecule has 1 N–H and O–H groups in total. The first kappa shape index (κ1) is 22.2. The van der Waals surface area contributed by atoms with Crippen molar-refractivity contribution in [1.29, 1.82) is 0 Å². The highest BCUT2D eigenvalue weighted by Gasteiger charge is 2.29. The van der Waals surface area contributed by atoms with Crippen LogP contribution in [0.25, 0.3) is 0 Å². The number of morpholine rings is 1. The SMILES string of the molecule is CC1CN(C(CNC(=O)COc2ccccc2C=O)c2c(F)cccc2Cl)CCO1. The highest BCUT2D eigenvalue weighted by atomic mass is 35.5. The lowest BCUT2D eigenvalue weighted by Gasteiger charge is -2.38. The van der Waals surface area contributed by atoms with Gasteiger partial charge in [-0.05, 0) is 31.2 Å². The van der Waals surface area contributed by atoms with Crippen LogP contribution in [-0.4, -0.2) is 56.0 Å². The molecule has 1 saturated heterocycles. The lowest BCUT2D eigenvalue weighted by molar-refractivity contribution is -0.123. The monoisotopic (exact) mass is 434 g/mol. The second-order valence-electron chi connectivity index (χ2n) is 7.08. The minimum absolute atomic E-state index is 0.00863. The molecule has 0 aromatic heterocycles. The van der Waals surface area contributed by atoms with Gasteiger partial charge in [0.1, 0.15) is 11.6 Å². The Balaban J connectivity index is 1.68. The second-order valence-corrected chi connectivity index (χ2v) is 7.48. The van der Waals surface area contributed by atoms with E-state index in [0.717, 1.165) is 0 Å². The molecule has 0 saturated carbocycles. The zero-order valence-electron chi connectivity index (χ0n) is 16.6. The van der Waals surface area contributed by atoms with Crippen molar-refractivity contribution in [3.05, 3.63) is 64.4 Å². The maximum absolute atomic E-state index is 14.6.